The van der Waals surface area contributed by atoms with Crippen molar-refractivity contribution < 1.29 is 14.3 Å². The van der Waals surface area contributed by atoms with Gasteiger partial charge in [0.25, 0.3) is 0 Å². The molecule has 0 N–H and O–H groups in total. The lowest BCUT2D eigenvalue weighted by Crippen LogP contribution is -2.00. The van der Waals surface area contributed by atoms with E-state index in [0.717, 1.165) is 22.6 Å². The molecule has 0 atom stereocenters. The van der Waals surface area contributed by atoms with Crippen LogP contribution in [0.2, 0.25) is 0 Å². The lowest BCUT2D eigenvalue weighted by atomic mass is 10.1. The lowest BCUT2D eigenvalue weighted by molar-refractivity contribution is 0.0600. The van der Waals surface area contributed by atoms with E-state index in [2.05, 4.69) is 15.8 Å². The minimum atomic E-state index is -0.395. The van der Waals surface area contributed by atoms with Gasteiger partial charge in [-0.2, -0.15) is 5.26 Å². The number of aromatic nitrogens is 1. The smallest absolute Gasteiger partial charge is 0.337 e. The molecule has 27 heavy (non-hydrogen) atoms. The quantitative estimate of drug-likeness (QED) is 0.478. The molecule has 0 bridgehead atoms. The van der Waals surface area contributed by atoms with Gasteiger partial charge in [0, 0.05) is 10.9 Å². The van der Waals surface area contributed by atoms with Gasteiger partial charge in [-0.3, -0.25) is 0 Å². The first-order valence-corrected chi connectivity index (χ1v) is 8.93. The molecule has 1 aromatic heterocycles. The first-order valence-electron chi connectivity index (χ1n) is 8.05. The summed E-state index contributed by atoms with van der Waals surface area (Å²) >= 11 is 1.40. The molecule has 0 aliphatic carbocycles. The lowest BCUT2D eigenvalue weighted by Gasteiger charge is -2.01. The van der Waals surface area contributed by atoms with Crippen LogP contribution in [-0.4, -0.2) is 25.2 Å². The van der Waals surface area contributed by atoms with E-state index in [0.29, 0.717) is 16.1 Å². The fourth-order valence-electron chi connectivity index (χ4n) is 2.45. The monoisotopic (exact) mass is 376 g/mol. The second-order valence-corrected chi connectivity index (χ2v) is 6.41. The van der Waals surface area contributed by atoms with E-state index in [9.17, 15) is 10.1 Å². The number of rotatable bonds is 5. The molecular weight excluding hydrogens is 360 g/mol. The standard InChI is InChI=1S/C21H16N2O3S/c1-25-18-5-3-4-16(11-18)19-13-27-20(23-19)17(12-22)10-14-6-8-15(9-7-14)21(24)26-2/h3-11,13H,1-2H3/b17-10-. The summed E-state index contributed by atoms with van der Waals surface area (Å²) in [6, 6.07) is 16.7. The predicted molar refractivity (Wildman–Crippen MR) is 105 cm³/mol. The van der Waals surface area contributed by atoms with Crippen LogP contribution in [0.1, 0.15) is 20.9 Å². The summed E-state index contributed by atoms with van der Waals surface area (Å²) < 4.78 is 9.93. The number of carbonyl (C=O) groups is 1. The highest BCUT2D eigenvalue weighted by molar-refractivity contribution is 7.11. The molecule has 6 heteroatoms. The summed E-state index contributed by atoms with van der Waals surface area (Å²) in [6.45, 7) is 0. The third-order valence-electron chi connectivity index (χ3n) is 3.86. The van der Waals surface area contributed by atoms with Crippen LogP contribution in [0.3, 0.4) is 0 Å². The average molecular weight is 376 g/mol. The Morgan fingerprint density at radius 2 is 1.96 bits per heavy atom. The van der Waals surface area contributed by atoms with E-state index in [-0.39, 0.29) is 0 Å². The third-order valence-corrected chi connectivity index (χ3v) is 4.74. The van der Waals surface area contributed by atoms with Gasteiger partial charge in [-0.25, -0.2) is 9.78 Å². The fourth-order valence-corrected chi connectivity index (χ4v) is 3.25. The zero-order chi connectivity index (χ0) is 19.2. The van der Waals surface area contributed by atoms with Gasteiger partial charge < -0.3 is 9.47 Å². The Balaban J connectivity index is 1.88. The molecule has 3 aromatic rings. The SMILES string of the molecule is COC(=O)c1ccc(/C=C(/C#N)c2nc(-c3cccc(OC)c3)cs2)cc1. The van der Waals surface area contributed by atoms with E-state index in [4.69, 9.17) is 4.74 Å². The van der Waals surface area contributed by atoms with Crippen LogP contribution in [-0.2, 0) is 4.74 Å². The highest BCUT2D eigenvalue weighted by atomic mass is 32.1. The summed E-state index contributed by atoms with van der Waals surface area (Å²) in [5, 5.41) is 12.1. The Morgan fingerprint density at radius 1 is 1.19 bits per heavy atom. The van der Waals surface area contributed by atoms with Crippen LogP contribution in [0.15, 0.2) is 53.9 Å². The summed E-state index contributed by atoms with van der Waals surface area (Å²) in [4.78, 5) is 16.1. The van der Waals surface area contributed by atoms with Crippen LogP contribution in [0.5, 0.6) is 5.75 Å². The number of methoxy groups -OCH3 is 2. The van der Waals surface area contributed by atoms with Gasteiger partial charge in [-0.15, -0.1) is 11.3 Å². The Kier molecular flexibility index (Phi) is 5.64. The molecule has 0 saturated heterocycles. The number of nitriles is 1. The van der Waals surface area contributed by atoms with Gasteiger partial charge >= 0.3 is 5.97 Å². The van der Waals surface area contributed by atoms with Crippen LogP contribution < -0.4 is 4.74 Å². The number of hydrogen-bond donors (Lipinski definition) is 0. The fraction of sp³-hybridized carbons (Fsp3) is 0.0952. The van der Waals surface area contributed by atoms with Crippen molar-refractivity contribution in [1.29, 1.82) is 5.26 Å². The van der Waals surface area contributed by atoms with Crippen molar-refractivity contribution >= 4 is 29.0 Å². The third kappa shape index (κ3) is 4.22. The van der Waals surface area contributed by atoms with Crippen molar-refractivity contribution in [3.63, 3.8) is 0 Å². The van der Waals surface area contributed by atoms with E-state index < -0.39 is 5.97 Å². The Morgan fingerprint density at radius 3 is 2.63 bits per heavy atom. The minimum Gasteiger partial charge on any atom is -0.497 e. The summed E-state index contributed by atoms with van der Waals surface area (Å²) in [5.41, 5.74) is 3.44. The minimum absolute atomic E-state index is 0.395. The molecule has 1 heterocycles. The maximum Gasteiger partial charge on any atom is 0.337 e. The molecule has 0 saturated carbocycles. The number of esters is 1. The van der Waals surface area contributed by atoms with Crippen LogP contribution in [0, 0.1) is 11.3 Å². The van der Waals surface area contributed by atoms with Gasteiger partial charge in [0.05, 0.1) is 31.1 Å². The highest BCUT2D eigenvalue weighted by Gasteiger charge is 2.10. The molecule has 0 radical (unpaired) electrons. The van der Waals surface area contributed by atoms with Crippen LogP contribution in [0.25, 0.3) is 22.9 Å². The second-order valence-electron chi connectivity index (χ2n) is 5.55. The molecule has 0 amide bonds. The number of allylic oxidation sites excluding steroid dienone is 1. The largest absolute Gasteiger partial charge is 0.497 e. The number of carbonyl (C=O) groups excluding carboxylic acids is 1. The van der Waals surface area contributed by atoms with Crippen LogP contribution >= 0.6 is 11.3 Å². The van der Waals surface area contributed by atoms with Gasteiger partial charge in [0.1, 0.15) is 16.8 Å². The molecule has 5 nitrogen and oxygen atoms in total. The van der Waals surface area contributed by atoms with E-state index >= 15 is 0 Å². The van der Waals surface area contributed by atoms with E-state index in [1.54, 1.807) is 37.5 Å². The van der Waals surface area contributed by atoms with Crippen molar-refractivity contribution in [2.75, 3.05) is 14.2 Å². The van der Waals surface area contributed by atoms with Crippen molar-refractivity contribution in [2.24, 2.45) is 0 Å². The molecule has 0 fully saturated rings. The van der Waals surface area contributed by atoms with Gasteiger partial charge in [0.2, 0.25) is 0 Å². The van der Waals surface area contributed by atoms with Crippen molar-refractivity contribution in [3.8, 4) is 23.1 Å². The van der Waals surface area contributed by atoms with Gasteiger partial charge in [-0.1, -0.05) is 24.3 Å². The second kappa shape index (κ2) is 8.30. The van der Waals surface area contributed by atoms with E-state index in [1.165, 1.54) is 18.4 Å². The zero-order valence-electron chi connectivity index (χ0n) is 14.8. The Labute approximate surface area is 161 Å². The van der Waals surface area contributed by atoms with Crippen LogP contribution in [0.4, 0.5) is 0 Å². The zero-order valence-corrected chi connectivity index (χ0v) is 15.6. The molecule has 0 spiro atoms. The van der Waals surface area contributed by atoms with Crippen molar-refractivity contribution in [2.45, 2.75) is 0 Å². The van der Waals surface area contributed by atoms with Gasteiger partial charge in [-0.05, 0) is 35.9 Å². The number of benzene rings is 2. The predicted octanol–water partition coefficient (Wildman–Crippen LogP) is 4.67. The van der Waals surface area contributed by atoms with Gasteiger partial charge in [0.15, 0.2) is 0 Å². The number of thiazole rings is 1. The first-order chi connectivity index (χ1) is 13.1. The van der Waals surface area contributed by atoms with E-state index in [1.807, 2.05) is 29.6 Å². The molecule has 2 aromatic carbocycles. The number of ether oxygens (including phenoxy) is 2. The Bertz CT molecular complexity index is 1030. The molecule has 0 aliphatic rings. The maximum atomic E-state index is 11.5. The topological polar surface area (TPSA) is 72.2 Å². The molecule has 3 rings (SSSR count). The molecule has 134 valence electrons. The molecule has 0 unspecified atom stereocenters. The van der Waals surface area contributed by atoms with Crippen molar-refractivity contribution in [3.05, 3.63) is 70.0 Å². The summed E-state index contributed by atoms with van der Waals surface area (Å²) in [7, 11) is 2.96. The molecular formula is C21H16N2O3S. The van der Waals surface area contributed by atoms with Crippen molar-refractivity contribution in [1.82, 2.24) is 4.98 Å². The average Bonchev–Trinajstić information content (AvgIpc) is 3.22. The highest BCUT2D eigenvalue weighted by Crippen LogP contribution is 2.29. The maximum absolute atomic E-state index is 11.5. The Hall–Kier alpha value is -3.43. The normalized spacial score (nSPS) is 10.9. The summed E-state index contributed by atoms with van der Waals surface area (Å²) in [6.07, 6.45) is 1.75. The summed E-state index contributed by atoms with van der Waals surface area (Å²) in [5.74, 6) is 0.359. The molecule has 0 aliphatic heterocycles. The first kappa shape index (κ1) is 18.4. The number of nitrogens with zero attached hydrogens (tertiary/aromatic N) is 2. The number of hydrogen-bond acceptors (Lipinski definition) is 6.